The second-order valence-corrected chi connectivity index (χ2v) is 25.5. The third-order valence-electron chi connectivity index (χ3n) is 14.7. The maximum Gasteiger partial charge on any atom is 0.472 e. The molecule has 0 aliphatic carbocycles. The second kappa shape index (κ2) is 53.8. The number of ether oxygens (including phenoxy) is 4. The molecule has 0 spiro atoms. The van der Waals surface area contributed by atoms with Gasteiger partial charge in [-0.15, -0.1) is 0 Å². The van der Waals surface area contributed by atoms with Crippen molar-refractivity contribution in [2.45, 2.75) is 317 Å². The molecule has 3 N–H and O–H groups in total. The Hall–Kier alpha value is -1.94. The van der Waals surface area contributed by atoms with Crippen LogP contribution in [0.25, 0.3) is 0 Å². The van der Waals surface area contributed by atoms with Crippen LogP contribution in [0.5, 0.6) is 0 Å². The van der Waals surface area contributed by atoms with Gasteiger partial charge >= 0.3 is 39.5 Å². The number of aliphatic hydroxyl groups excluding tert-OH is 1. The Bertz CT molecular complexity index is 1590. The first-order chi connectivity index (χ1) is 38.4. The lowest BCUT2D eigenvalue weighted by atomic mass is 9.99. The van der Waals surface area contributed by atoms with E-state index in [1.54, 1.807) is 0 Å². The molecule has 0 bridgehead atoms. The van der Waals surface area contributed by atoms with Crippen molar-refractivity contribution < 1.29 is 80.2 Å². The van der Waals surface area contributed by atoms with Gasteiger partial charge in [-0.2, -0.15) is 0 Å². The number of carbonyl (C=O) groups excluding carboxylic acids is 4. The molecule has 80 heavy (non-hydrogen) atoms. The maximum atomic E-state index is 12.9. The zero-order valence-electron chi connectivity index (χ0n) is 51.4. The van der Waals surface area contributed by atoms with Crippen molar-refractivity contribution in [1.29, 1.82) is 0 Å². The number of unbranched alkanes of at least 4 members (excludes halogenated alkanes) is 28. The van der Waals surface area contributed by atoms with Gasteiger partial charge in [0.25, 0.3) is 0 Å². The van der Waals surface area contributed by atoms with Gasteiger partial charge in [0.15, 0.2) is 12.2 Å². The van der Waals surface area contributed by atoms with E-state index in [2.05, 4.69) is 41.5 Å². The number of aliphatic hydroxyl groups is 1. The molecule has 0 heterocycles. The number of phosphoric ester groups is 2. The Morgan fingerprint density at radius 3 is 0.887 bits per heavy atom. The maximum absolute atomic E-state index is 12.9. The summed E-state index contributed by atoms with van der Waals surface area (Å²) in [6, 6.07) is 0. The number of hydrogen-bond acceptors (Lipinski definition) is 15. The van der Waals surface area contributed by atoms with Gasteiger partial charge in [0, 0.05) is 25.7 Å². The van der Waals surface area contributed by atoms with Gasteiger partial charge < -0.3 is 33.8 Å². The van der Waals surface area contributed by atoms with Crippen molar-refractivity contribution in [3.05, 3.63) is 0 Å². The molecule has 0 saturated heterocycles. The van der Waals surface area contributed by atoms with Crippen LogP contribution in [0.15, 0.2) is 0 Å². The smallest absolute Gasteiger partial charge is 0.462 e. The van der Waals surface area contributed by atoms with Gasteiger partial charge in [0.2, 0.25) is 0 Å². The van der Waals surface area contributed by atoms with E-state index < -0.39 is 97.5 Å². The third-order valence-corrected chi connectivity index (χ3v) is 16.6. The summed E-state index contributed by atoms with van der Waals surface area (Å²) in [5, 5.41) is 10.5. The van der Waals surface area contributed by atoms with Crippen molar-refractivity contribution in [3.63, 3.8) is 0 Å². The molecule has 19 heteroatoms. The summed E-state index contributed by atoms with van der Waals surface area (Å²) in [4.78, 5) is 71.9. The number of carbonyl (C=O) groups is 4. The van der Waals surface area contributed by atoms with Gasteiger partial charge in [-0.1, -0.05) is 247 Å². The standard InChI is InChI=1S/C61H118O17P2/c1-7-11-13-15-17-25-31-37-43-58(63)71-49-56(77-60(65)45-39-33-26-18-16-14-12-8-2)51-75-79(67,68)73-47-55(62)48-74-80(69,70)76-52-57(78-61(66)46-40-34-28-22-20-24-30-36-42-54(6)10-4)50-72-59(64)44-38-32-27-21-19-23-29-35-41-53(5)9-3/h53-57,62H,7-52H2,1-6H3,(H,67,68)(H,69,70)/t53?,54?,55-,56+,57+/m0/s1. The van der Waals surface area contributed by atoms with E-state index in [1.165, 1.54) is 103 Å². The molecule has 4 unspecified atom stereocenters. The first-order valence-electron chi connectivity index (χ1n) is 32.1. The molecule has 0 aliphatic rings. The molecular formula is C61H118O17P2. The first kappa shape index (κ1) is 78.1. The van der Waals surface area contributed by atoms with E-state index in [0.717, 1.165) is 115 Å². The summed E-state index contributed by atoms with van der Waals surface area (Å²) in [5.41, 5.74) is 0. The minimum Gasteiger partial charge on any atom is -0.462 e. The van der Waals surface area contributed by atoms with E-state index >= 15 is 0 Å². The quantitative estimate of drug-likeness (QED) is 0.0222. The highest BCUT2D eigenvalue weighted by Crippen LogP contribution is 2.45. The van der Waals surface area contributed by atoms with E-state index in [1.807, 2.05) is 0 Å². The number of esters is 4. The Morgan fingerprint density at radius 1 is 0.350 bits per heavy atom. The van der Waals surface area contributed by atoms with E-state index in [4.69, 9.17) is 37.0 Å². The van der Waals surface area contributed by atoms with Crippen molar-refractivity contribution in [3.8, 4) is 0 Å². The van der Waals surface area contributed by atoms with Crippen molar-refractivity contribution in [2.24, 2.45) is 11.8 Å². The molecule has 0 radical (unpaired) electrons. The summed E-state index contributed by atoms with van der Waals surface area (Å²) in [6.07, 6.45) is 34.8. The van der Waals surface area contributed by atoms with Crippen LogP contribution in [0.3, 0.4) is 0 Å². The van der Waals surface area contributed by atoms with Gasteiger partial charge in [0.1, 0.15) is 19.3 Å². The normalized spacial score (nSPS) is 15.1. The van der Waals surface area contributed by atoms with Crippen LogP contribution in [0, 0.1) is 11.8 Å². The van der Waals surface area contributed by atoms with Crippen LogP contribution in [-0.2, 0) is 65.4 Å². The van der Waals surface area contributed by atoms with Gasteiger partial charge in [-0.05, 0) is 37.5 Å². The van der Waals surface area contributed by atoms with Crippen LogP contribution in [-0.4, -0.2) is 96.7 Å². The van der Waals surface area contributed by atoms with Crippen LogP contribution < -0.4 is 0 Å². The Balaban J connectivity index is 5.23. The molecule has 0 aromatic rings. The fourth-order valence-corrected chi connectivity index (χ4v) is 10.5. The summed E-state index contributed by atoms with van der Waals surface area (Å²) in [5.74, 6) is -0.597. The molecule has 0 saturated carbocycles. The molecule has 0 fully saturated rings. The molecule has 474 valence electrons. The lowest BCUT2D eigenvalue weighted by Gasteiger charge is -2.21. The van der Waals surface area contributed by atoms with Crippen LogP contribution in [0.2, 0.25) is 0 Å². The van der Waals surface area contributed by atoms with Crippen LogP contribution in [0.4, 0.5) is 0 Å². The third kappa shape index (κ3) is 52.8. The summed E-state index contributed by atoms with van der Waals surface area (Å²) in [7, 11) is -9.88. The lowest BCUT2D eigenvalue weighted by Crippen LogP contribution is -2.30. The van der Waals surface area contributed by atoms with Crippen molar-refractivity contribution in [2.75, 3.05) is 39.6 Å². The van der Waals surface area contributed by atoms with Gasteiger partial charge in [-0.3, -0.25) is 37.3 Å². The molecule has 0 rings (SSSR count). The first-order valence-corrected chi connectivity index (χ1v) is 35.1. The Labute approximate surface area is 486 Å². The lowest BCUT2D eigenvalue weighted by molar-refractivity contribution is -0.161. The predicted molar refractivity (Wildman–Crippen MR) is 317 cm³/mol. The Morgan fingerprint density at radius 2 is 0.600 bits per heavy atom. The molecule has 0 aromatic carbocycles. The summed E-state index contributed by atoms with van der Waals surface area (Å²) in [6.45, 7) is 9.41. The number of phosphoric acid groups is 2. The van der Waals surface area contributed by atoms with Crippen molar-refractivity contribution >= 4 is 39.5 Å². The zero-order valence-corrected chi connectivity index (χ0v) is 53.2. The Kier molecular flexibility index (Phi) is 52.5. The highest BCUT2D eigenvalue weighted by Gasteiger charge is 2.30. The number of rotatable bonds is 60. The topological polar surface area (TPSA) is 237 Å². The second-order valence-electron chi connectivity index (χ2n) is 22.6. The fraction of sp³-hybridized carbons (Fsp3) is 0.934. The van der Waals surface area contributed by atoms with Crippen LogP contribution >= 0.6 is 15.6 Å². The average Bonchev–Trinajstić information content (AvgIpc) is 3.43. The molecular weight excluding hydrogens is 1070 g/mol. The average molecular weight is 1190 g/mol. The van der Waals surface area contributed by atoms with Crippen LogP contribution in [0.1, 0.15) is 298 Å². The SMILES string of the molecule is CCCCCCCCCCC(=O)OC[C@H](COP(=O)(O)OC[C@H](O)COP(=O)(O)OC[C@@H](COC(=O)CCCCCCCCCCC(C)CC)OC(=O)CCCCCCCCCCC(C)CC)OC(=O)CCCCCCCCCC. The highest BCUT2D eigenvalue weighted by atomic mass is 31.2. The molecule has 17 nitrogen and oxygen atoms in total. The summed E-state index contributed by atoms with van der Waals surface area (Å²) < 4.78 is 67.8. The van der Waals surface area contributed by atoms with E-state index in [-0.39, 0.29) is 25.7 Å². The minimum absolute atomic E-state index is 0.104. The molecule has 0 aliphatic heterocycles. The monoisotopic (exact) mass is 1180 g/mol. The van der Waals surface area contributed by atoms with E-state index in [0.29, 0.717) is 25.7 Å². The van der Waals surface area contributed by atoms with Crippen molar-refractivity contribution in [1.82, 2.24) is 0 Å². The highest BCUT2D eigenvalue weighted by molar-refractivity contribution is 7.47. The van der Waals surface area contributed by atoms with Gasteiger partial charge in [0.05, 0.1) is 26.4 Å². The largest absolute Gasteiger partial charge is 0.472 e. The molecule has 0 amide bonds. The fourth-order valence-electron chi connectivity index (χ4n) is 8.94. The predicted octanol–water partition coefficient (Wildman–Crippen LogP) is 16.5. The van der Waals surface area contributed by atoms with Gasteiger partial charge in [-0.25, -0.2) is 9.13 Å². The summed E-state index contributed by atoms with van der Waals surface area (Å²) >= 11 is 0. The minimum atomic E-state index is -4.94. The van der Waals surface area contributed by atoms with E-state index in [9.17, 15) is 43.2 Å². The molecule has 0 aromatic heterocycles. The zero-order chi connectivity index (χ0) is 59.4. The number of hydrogen-bond donors (Lipinski definition) is 3. The molecule has 7 atom stereocenters.